The molecule has 1 aliphatic rings. The summed E-state index contributed by atoms with van der Waals surface area (Å²) in [6.07, 6.45) is 5.22. The van der Waals surface area contributed by atoms with Gasteiger partial charge in [-0.05, 0) is 50.3 Å². The summed E-state index contributed by atoms with van der Waals surface area (Å²) in [4.78, 5) is 0. The van der Waals surface area contributed by atoms with Crippen molar-refractivity contribution in [2.75, 3.05) is 18.1 Å². The Morgan fingerprint density at radius 3 is 2.67 bits per heavy atom. The minimum absolute atomic E-state index is 0.220. The van der Waals surface area contributed by atoms with Gasteiger partial charge in [0.25, 0.3) is 0 Å². The van der Waals surface area contributed by atoms with Crippen molar-refractivity contribution in [2.24, 2.45) is 5.92 Å². The van der Waals surface area contributed by atoms with Gasteiger partial charge in [-0.2, -0.15) is 0 Å². The average Bonchev–Trinajstić information content (AvgIpc) is 2.94. The van der Waals surface area contributed by atoms with Crippen LogP contribution in [0.15, 0.2) is 18.2 Å². The van der Waals surface area contributed by atoms with E-state index in [1.807, 2.05) is 0 Å². The molecular formula is C18H29NOS. The third-order valence-corrected chi connectivity index (χ3v) is 6.06. The highest BCUT2D eigenvalue weighted by molar-refractivity contribution is 7.85. The van der Waals surface area contributed by atoms with Gasteiger partial charge in [-0.25, -0.2) is 0 Å². The number of aryl methyl sites for hydroxylation is 2. The average molecular weight is 308 g/mol. The zero-order valence-corrected chi connectivity index (χ0v) is 14.5. The van der Waals surface area contributed by atoms with Crippen molar-refractivity contribution in [2.45, 2.75) is 52.5 Å². The molecular weight excluding hydrogens is 278 g/mol. The van der Waals surface area contributed by atoms with Gasteiger partial charge in [-0.15, -0.1) is 0 Å². The predicted molar refractivity (Wildman–Crippen MR) is 92.2 cm³/mol. The predicted octanol–water partition coefficient (Wildman–Crippen LogP) is 3.89. The minimum Gasteiger partial charge on any atom is -0.309 e. The number of nitrogens with one attached hydrogen (secondary N) is 1. The van der Waals surface area contributed by atoms with Crippen LogP contribution in [0.4, 0.5) is 0 Å². The van der Waals surface area contributed by atoms with Gasteiger partial charge >= 0.3 is 0 Å². The zero-order chi connectivity index (χ0) is 15.2. The van der Waals surface area contributed by atoms with Crippen molar-refractivity contribution in [3.8, 4) is 0 Å². The number of rotatable bonds is 7. The highest BCUT2D eigenvalue weighted by Gasteiger charge is 2.21. The molecule has 1 fully saturated rings. The highest BCUT2D eigenvalue weighted by Crippen LogP contribution is 2.27. The monoisotopic (exact) mass is 307 g/mol. The first-order chi connectivity index (χ1) is 10.1. The van der Waals surface area contributed by atoms with E-state index < -0.39 is 10.8 Å². The van der Waals surface area contributed by atoms with Gasteiger partial charge in [-0.1, -0.05) is 43.5 Å². The highest BCUT2D eigenvalue weighted by atomic mass is 32.2. The molecule has 0 aromatic heterocycles. The molecule has 2 rings (SSSR count). The van der Waals surface area contributed by atoms with E-state index in [9.17, 15) is 4.21 Å². The molecule has 0 bridgehead atoms. The number of hydrogen-bond acceptors (Lipinski definition) is 2. The molecule has 0 amide bonds. The Hall–Kier alpha value is -0.670. The van der Waals surface area contributed by atoms with E-state index in [0.717, 1.165) is 18.1 Å². The van der Waals surface area contributed by atoms with E-state index in [1.165, 1.54) is 42.4 Å². The van der Waals surface area contributed by atoms with E-state index in [-0.39, 0.29) is 6.04 Å². The first-order valence-corrected chi connectivity index (χ1v) is 9.74. The summed E-state index contributed by atoms with van der Waals surface area (Å²) in [5.74, 6) is 2.34. The van der Waals surface area contributed by atoms with Crippen molar-refractivity contribution < 1.29 is 4.21 Å². The van der Waals surface area contributed by atoms with Crippen molar-refractivity contribution in [1.29, 1.82) is 0 Å². The fourth-order valence-corrected chi connectivity index (χ4v) is 5.00. The Labute approximate surface area is 132 Å². The molecule has 1 N–H and O–H groups in total. The molecule has 21 heavy (non-hydrogen) atoms. The topological polar surface area (TPSA) is 29.1 Å². The van der Waals surface area contributed by atoms with Gasteiger partial charge in [0.2, 0.25) is 0 Å². The van der Waals surface area contributed by atoms with Crippen LogP contribution in [0.2, 0.25) is 0 Å². The molecule has 0 spiro atoms. The van der Waals surface area contributed by atoms with E-state index in [0.29, 0.717) is 5.92 Å². The molecule has 1 aliphatic carbocycles. The van der Waals surface area contributed by atoms with Crippen LogP contribution < -0.4 is 5.32 Å². The van der Waals surface area contributed by atoms with Crippen LogP contribution in [0.25, 0.3) is 0 Å². The lowest BCUT2D eigenvalue weighted by Gasteiger charge is -2.21. The van der Waals surface area contributed by atoms with Gasteiger partial charge in [0.05, 0.1) is 0 Å². The van der Waals surface area contributed by atoms with Crippen LogP contribution in [0, 0.1) is 19.8 Å². The lowest BCUT2D eigenvalue weighted by molar-refractivity contribution is 0.577. The van der Waals surface area contributed by atoms with Gasteiger partial charge in [0, 0.05) is 28.3 Å². The van der Waals surface area contributed by atoms with Crippen LogP contribution >= 0.6 is 0 Å². The molecule has 0 heterocycles. The zero-order valence-electron chi connectivity index (χ0n) is 13.7. The summed E-state index contributed by atoms with van der Waals surface area (Å²) in [5, 5.41) is 3.53. The minimum atomic E-state index is -0.719. The smallest absolute Gasteiger partial charge is 0.0439 e. The molecule has 2 nitrogen and oxygen atoms in total. The third-order valence-electron chi connectivity index (χ3n) is 4.51. The Bertz CT molecular complexity index is 480. The van der Waals surface area contributed by atoms with Crippen molar-refractivity contribution in [3.63, 3.8) is 0 Å². The van der Waals surface area contributed by atoms with E-state index in [2.05, 4.69) is 44.3 Å². The molecule has 118 valence electrons. The summed E-state index contributed by atoms with van der Waals surface area (Å²) in [6.45, 7) is 7.32. The Morgan fingerprint density at radius 1 is 1.29 bits per heavy atom. The molecule has 0 radical (unpaired) electrons. The summed E-state index contributed by atoms with van der Waals surface area (Å²) in [6, 6.07) is 6.79. The second-order valence-electron chi connectivity index (χ2n) is 6.39. The van der Waals surface area contributed by atoms with Gasteiger partial charge in [0.1, 0.15) is 0 Å². The quantitative estimate of drug-likeness (QED) is 0.828. The van der Waals surface area contributed by atoms with Crippen LogP contribution in [0.3, 0.4) is 0 Å². The standard InChI is InChI=1S/C18H29NOS/c1-4-19-18(17-11-14(2)9-10-15(17)3)13-21(20)12-16-7-5-6-8-16/h9-11,16,18-19H,4-8,12-13H2,1-3H3. The normalized spacial score (nSPS) is 18.8. The lowest BCUT2D eigenvalue weighted by atomic mass is 10.00. The van der Waals surface area contributed by atoms with Crippen molar-refractivity contribution >= 4 is 10.8 Å². The third kappa shape index (κ3) is 4.93. The first kappa shape index (κ1) is 16.7. The van der Waals surface area contributed by atoms with E-state index in [1.54, 1.807) is 0 Å². The van der Waals surface area contributed by atoms with Gasteiger partial charge in [-0.3, -0.25) is 4.21 Å². The largest absolute Gasteiger partial charge is 0.309 e. The molecule has 0 aliphatic heterocycles. The van der Waals surface area contributed by atoms with Crippen LogP contribution in [0.5, 0.6) is 0 Å². The second kappa shape index (κ2) is 8.09. The lowest BCUT2D eigenvalue weighted by Crippen LogP contribution is -2.28. The Morgan fingerprint density at radius 2 is 2.00 bits per heavy atom. The molecule has 1 aromatic rings. The van der Waals surface area contributed by atoms with Gasteiger partial charge in [0.15, 0.2) is 0 Å². The fraction of sp³-hybridized carbons (Fsp3) is 0.667. The molecule has 1 saturated carbocycles. The SMILES string of the molecule is CCNC(CS(=O)CC1CCCC1)c1cc(C)ccc1C. The maximum Gasteiger partial charge on any atom is 0.0439 e. The number of hydrogen-bond donors (Lipinski definition) is 1. The first-order valence-electron chi connectivity index (χ1n) is 8.25. The molecule has 3 heteroatoms. The van der Waals surface area contributed by atoms with E-state index in [4.69, 9.17) is 0 Å². The summed E-state index contributed by atoms with van der Waals surface area (Å²) < 4.78 is 12.5. The number of benzene rings is 1. The maximum absolute atomic E-state index is 12.5. The van der Waals surface area contributed by atoms with Crippen LogP contribution in [-0.2, 0) is 10.8 Å². The van der Waals surface area contributed by atoms with Gasteiger partial charge < -0.3 is 5.32 Å². The molecule has 1 aromatic carbocycles. The molecule has 0 saturated heterocycles. The molecule has 2 unspecified atom stereocenters. The maximum atomic E-state index is 12.5. The second-order valence-corrected chi connectivity index (χ2v) is 7.94. The van der Waals surface area contributed by atoms with E-state index >= 15 is 0 Å². The molecule has 2 atom stereocenters. The Balaban J connectivity index is 2.03. The van der Waals surface area contributed by atoms with Crippen LogP contribution in [-0.4, -0.2) is 22.3 Å². The van der Waals surface area contributed by atoms with Crippen molar-refractivity contribution in [3.05, 3.63) is 34.9 Å². The summed E-state index contributed by atoms with van der Waals surface area (Å²) in [5.41, 5.74) is 3.89. The Kier molecular flexibility index (Phi) is 6.43. The van der Waals surface area contributed by atoms with Crippen molar-refractivity contribution in [1.82, 2.24) is 5.32 Å². The summed E-state index contributed by atoms with van der Waals surface area (Å²) in [7, 11) is -0.719. The fourth-order valence-electron chi connectivity index (χ4n) is 3.33. The summed E-state index contributed by atoms with van der Waals surface area (Å²) >= 11 is 0. The van der Waals surface area contributed by atoms with Crippen LogP contribution in [0.1, 0.15) is 55.3 Å².